The highest BCUT2D eigenvalue weighted by molar-refractivity contribution is 5.76. The molecule has 0 atom stereocenters. The SMILES string of the molecule is CCc1nnc2ccc(-c3ocnc3-c3ccc(F)cc3)cn12. The molecule has 23 heavy (non-hydrogen) atoms. The van der Waals surface area contributed by atoms with Crippen LogP contribution < -0.4 is 0 Å². The standard InChI is InChI=1S/C17H13FN4O/c1-2-14-20-21-15-8-5-12(9-22(14)15)17-16(19-10-23-17)11-3-6-13(18)7-4-11/h3-10H,2H2,1H3. The molecule has 0 saturated carbocycles. The second-order valence-electron chi connectivity index (χ2n) is 5.15. The number of rotatable bonds is 3. The van der Waals surface area contributed by atoms with Crippen LogP contribution in [0.15, 0.2) is 53.4 Å². The lowest BCUT2D eigenvalue weighted by atomic mass is 10.1. The molecule has 1 aromatic carbocycles. The molecule has 0 radical (unpaired) electrons. The van der Waals surface area contributed by atoms with Crippen molar-refractivity contribution in [2.45, 2.75) is 13.3 Å². The van der Waals surface area contributed by atoms with E-state index in [2.05, 4.69) is 15.2 Å². The molecule has 0 aliphatic carbocycles. The van der Waals surface area contributed by atoms with Crippen LogP contribution in [0.5, 0.6) is 0 Å². The van der Waals surface area contributed by atoms with Gasteiger partial charge < -0.3 is 4.42 Å². The van der Waals surface area contributed by atoms with Gasteiger partial charge in [0.1, 0.15) is 17.3 Å². The number of pyridine rings is 1. The Labute approximate surface area is 131 Å². The average Bonchev–Trinajstić information content (AvgIpc) is 3.21. The van der Waals surface area contributed by atoms with Crippen molar-refractivity contribution < 1.29 is 8.81 Å². The molecular formula is C17H13FN4O. The van der Waals surface area contributed by atoms with Gasteiger partial charge in [-0.05, 0) is 36.4 Å². The Kier molecular flexibility index (Phi) is 3.15. The van der Waals surface area contributed by atoms with Crippen molar-refractivity contribution in [1.82, 2.24) is 19.6 Å². The second kappa shape index (κ2) is 5.31. The van der Waals surface area contributed by atoms with Gasteiger partial charge in [-0.25, -0.2) is 9.37 Å². The number of nitrogens with zero attached hydrogens (tertiary/aromatic N) is 4. The van der Waals surface area contributed by atoms with Gasteiger partial charge in [-0.3, -0.25) is 4.40 Å². The van der Waals surface area contributed by atoms with E-state index in [0.29, 0.717) is 11.5 Å². The minimum atomic E-state index is -0.280. The summed E-state index contributed by atoms with van der Waals surface area (Å²) in [5.41, 5.74) is 3.13. The average molecular weight is 308 g/mol. The Morgan fingerprint density at radius 3 is 2.61 bits per heavy atom. The number of fused-ring (bicyclic) bond motifs is 1. The van der Waals surface area contributed by atoms with Crippen molar-refractivity contribution in [3.8, 4) is 22.6 Å². The summed E-state index contributed by atoms with van der Waals surface area (Å²) in [6.45, 7) is 2.03. The molecule has 0 spiro atoms. The van der Waals surface area contributed by atoms with Crippen LogP contribution >= 0.6 is 0 Å². The number of aryl methyl sites for hydroxylation is 1. The Balaban J connectivity index is 1.85. The summed E-state index contributed by atoms with van der Waals surface area (Å²) in [7, 11) is 0. The van der Waals surface area contributed by atoms with Crippen LogP contribution in [-0.4, -0.2) is 19.6 Å². The number of aromatic nitrogens is 4. The van der Waals surface area contributed by atoms with Crippen molar-refractivity contribution in [3.63, 3.8) is 0 Å². The Bertz CT molecular complexity index is 972. The summed E-state index contributed by atoms with van der Waals surface area (Å²) in [4.78, 5) is 4.27. The van der Waals surface area contributed by atoms with Gasteiger partial charge in [-0.15, -0.1) is 10.2 Å². The molecule has 4 aromatic rings. The smallest absolute Gasteiger partial charge is 0.182 e. The minimum Gasteiger partial charge on any atom is -0.443 e. The van der Waals surface area contributed by atoms with E-state index in [1.165, 1.54) is 18.5 Å². The Morgan fingerprint density at radius 2 is 1.83 bits per heavy atom. The summed E-state index contributed by atoms with van der Waals surface area (Å²) in [5.74, 6) is 1.23. The zero-order chi connectivity index (χ0) is 15.8. The zero-order valence-electron chi connectivity index (χ0n) is 12.4. The van der Waals surface area contributed by atoms with Crippen LogP contribution in [0.25, 0.3) is 28.2 Å². The van der Waals surface area contributed by atoms with Crippen molar-refractivity contribution in [2.24, 2.45) is 0 Å². The first-order valence-corrected chi connectivity index (χ1v) is 7.29. The Morgan fingerprint density at radius 1 is 1.04 bits per heavy atom. The van der Waals surface area contributed by atoms with Crippen LogP contribution in [0.3, 0.4) is 0 Å². The molecule has 0 aliphatic heterocycles. The van der Waals surface area contributed by atoms with Gasteiger partial charge in [-0.2, -0.15) is 0 Å². The summed E-state index contributed by atoms with van der Waals surface area (Å²) in [5, 5.41) is 8.28. The summed E-state index contributed by atoms with van der Waals surface area (Å²) < 4.78 is 20.6. The second-order valence-corrected chi connectivity index (χ2v) is 5.15. The Hall–Kier alpha value is -3.02. The topological polar surface area (TPSA) is 56.2 Å². The van der Waals surface area contributed by atoms with E-state index in [0.717, 1.165) is 29.0 Å². The third-order valence-electron chi connectivity index (χ3n) is 3.74. The molecule has 5 nitrogen and oxygen atoms in total. The number of hydrogen-bond acceptors (Lipinski definition) is 4. The van der Waals surface area contributed by atoms with E-state index in [1.54, 1.807) is 12.1 Å². The van der Waals surface area contributed by atoms with Crippen molar-refractivity contribution in [1.29, 1.82) is 0 Å². The molecule has 0 bridgehead atoms. The minimum absolute atomic E-state index is 0.280. The predicted molar refractivity (Wildman–Crippen MR) is 83.3 cm³/mol. The van der Waals surface area contributed by atoms with Crippen molar-refractivity contribution in [3.05, 3.63) is 60.6 Å². The van der Waals surface area contributed by atoms with Gasteiger partial charge in [0.15, 0.2) is 17.8 Å². The first-order valence-electron chi connectivity index (χ1n) is 7.29. The van der Waals surface area contributed by atoms with Crippen molar-refractivity contribution >= 4 is 5.65 Å². The molecular weight excluding hydrogens is 295 g/mol. The lowest BCUT2D eigenvalue weighted by Gasteiger charge is -2.04. The molecule has 0 fully saturated rings. The maximum absolute atomic E-state index is 13.1. The fraction of sp³-hybridized carbons (Fsp3) is 0.118. The highest BCUT2D eigenvalue weighted by atomic mass is 19.1. The summed E-state index contributed by atoms with van der Waals surface area (Å²) in [6.07, 6.45) is 4.11. The normalized spacial score (nSPS) is 11.2. The van der Waals surface area contributed by atoms with Crippen LogP contribution in [0.1, 0.15) is 12.7 Å². The fourth-order valence-electron chi connectivity index (χ4n) is 2.58. The number of halogens is 1. The van der Waals surface area contributed by atoms with Crippen LogP contribution in [0.4, 0.5) is 4.39 Å². The van der Waals surface area contributed by atoms with E-state index < -0.39 is 0 Å². The molecule has 0 unspecified atom stereocenters. The first-order chi connectivity index (χ1) is 11.3. The summed E-state index contributed by atoms with van der Waals surface area (Å²) in [6, 6.07) is 9.99. The predicted octanol–water partition coefficient (Wildman–Crippen LogP) is 3.75. The van der Waals surface area contributed by atoms with Gasteiger partial charge in [0.05, 0.1) is 0 Å². The third kappa shape index (κ3) is 2.28. The van der Waals surface area contributed by atoms with Gasteiger partial charge in [0, 0.05) is 23.7 Å². The van der Waals surface area contributed by atoms with Gasteiger partial charge in [0.2, 0.25) is 0 Å². The first kappa shape index (κ1) is 13.6. The van der Waals surface area contributed by atoms with E-state index in [-0.39, 0.29) is 5.82 Å². The monoisotopic (exact) mass is 308 g/mol. The zero-order valence-corrected chi connectivity index (χ0v) is 12.4. The number of oxazole rings is 1. The third-order valence-corrected chi connectivity index (χ3v) is 3.74. The van der Waals surface area contributed by atoms with Gasteiger partial charge >= 0.3 is 0 Å². The maximum atomic E-state index is 13.1. The summed E-state index contributed by atoms with van der Waals surface area (Å²) >= 11 is 0. The van der Waals surface area contributed by atoms with Crippen LogP contribution in [0, 0.1) is 5.82 Å². The molecule has 0 N–H and O–H groups in total. The molecule has 6 heteroatoms. The van der Waals surface area contributed by atoms with Crippen molar-refractivity contribution in [2.75, 3.05) is 0 Å². The van der Waals surface area contributed by atoms with Gasteiger partial charge in [0.25, 0.3) is 0 Å². The quantitative estimate of drug-likeness (QED) is 0.578. The van der Waals surface area contributed by atoms with E-state index in [4.69, 9.17) is 4.42 Å². The van der Waals surface area contributed by atoms with E-state index >= 15 is 0 Å². The number of benzene rings is 1. The number of hydrogen-bond donors (Lipinski definition) is 0. The molecule has 3 aromatic heterocycles. The van der Waals surface area contributed by atoms with Gasteiger partial charge in [-0.1, -0.05) is 6.92 Å². The van der Waals surface area contributed by atoms with Crippen LogP contribution in [-0.2, 0) is 6.42 Å². The largest absolute Gasteiger partial charge is 0.443 e. The van der Waals surface area contributed by atoms with Crippen LogP contribution in [0.2, 0.25) is 0 Å². The molecule has 114 valence electrons. The van der Waals surface area contributed by atoms with E-state index in [1.807, 2.05) is 29.7 Å². The molecule has 0 amide bonds. The maximum Gasteiger partial charge on any atom is 0.182 e. The highest BCUT2D eigenvalue weighted by Gasteiger charge is 2.14. The fourth-order valence-corrected chi connectivity index (χ4v) is 2.58. The highest BCUT2D eigenvalue weighted by Crippen LogP contribution is 2.31. The molecule has 4 rings (SSSR count). The van der Waals surface area contributed by atoms with E-state index in [9.17, 15) is 4.39 Å². The lowest BCUT2D eigenvalue weighted by molar-refractivity contribution is 0.572. The molecule has 0 saturated heterocycles. The molecule has 0 aliphatic rings. The molecule has 3 heterocycles. The lowest BCUT2D eigenvalue weighted by Crippen LogP contribution is -1.93.